The number of Topliss-reactive ketones (excluding diaryl/α,β-unsaturated/α-hetero) is 1. The van der Waals surface area contributed by atoms with Crippen molar-refractivity contribution in [1.82, 2.24) is 4.90 Å². The molecule has 130 valence electrons. The quantitative estimate of drug-likeness (QED) is 0.596. The fraction of sp³-hybridized carbons (Fsp3) is 0.471. The van der Waals surface area contributed by atoms with E-state index in [4.69, 9.17) is 14.2 Å². The summed E-state index contributed by atoms with van der Waals surface area (Å²) in [6.07, 6.45) is 0.268. The summed E-state index contributed by atoms with van der Waals surface area (Å²) in [5.74, 6) is -0.923. The Morgan fingerprint density at radius 1 is 1.17 bits per heavy atom. The van der Waals surface area contributed by atoms with Gasteiger partial charge in [-0.25, -0.2) is 0 Å². The van der Waals surface area contributed by atoms with Crippen LogP contribution in [0.4, 0.5) is 0 Å². The molecule has 24 heavy (non-hydrogen) atoms. The fourth-order valence-electron chi connectivity index (χ4n) is 2.60. The first-order valence-electron chi connectivity index (χ1n) is 7.71. The minimum absolute atomic E-state index is 0.109. The summed E-state index contributed by atoms with van der Waals surface area (Å²) in [5, 5.41) is 0. The van der Waals surface area contributed by atoms with Gasteiger partial charge in [0.25, 0.3) is 5.91 Å². The molecule has 1 atom stereocenters. The van der Waals surface area contributed by atoms with Gasteiger partial charge in [0, 0.05) is 18.2 Å². The van der Waals surface area contributed by atoms with Crippen LogP contribution < -0.4 is 9.47 Å². The molecule has 1 aromatic rings. The van der Waals surface area contributed by atoms with E-state index in [0.29, 0.717) is 23.6 Å². The molecule has 0 saturated carbocycles. The molecular weight excluding hydrogens is 314 g/mol. The molecule has 1 unspecified atom stereocenters. The van der Waals surface area contributed by atoms with Gasteiger partial charge in [0.2, 0.25) is 0 Å². The van der Waals surface area contributed by atoms with Crippen LogP contribution in [0.2, 0.25) is 0 Å². The molecule has 1 heterocycles. The number of hydrogen-bond acceptors (Lipinski definition) is 6. The Labute approximate surface area is 140 Å². The molecule has 1 aliphatic rings. The van der Waals surface area contributed by atoms with Gasteiger partial charge in [-0.1, -0.05) is 0 Å². The second-order valence-corrected chi connectivity index (χ2v) is 5.39. The number of hydrogen-bond donors (Lipinski definition) is 0. The highest BCUT2D eigenvalue weighted by atomic mass is 16.5. The van der Waals surface area contributed by atoms with Crippen LogP contribution in [0.15, 0.2) is 18.2 Å². The smallest absolute Gasteiger partial charge is 0.316 e. The molecule has 2 rings (SSSR count). The number of rotatable bonds is 5. The fourth-order valence-corrected chi connectivity index (χ4v) is 2.60. The number of ether oxygens (including phenoxy) is 3. The first-order valence-corrected chi connectivity index (χ1v) is 7.71. The van der Waals surface area contributed by atoms with Crippen molar-refractivity contribution in [3.05, 3.63) is 23.8 Å². The second-order valence-electron chi connectivity index (χ2n) is 5.39. The molecular formula is C17H21NO6. The van der Waals surface area contributed by atoms with Crippen LogP contribution in [0, 0.1) is 5.92 Å². The summed E-state index contributed by atoms with van der Waals surface area (Å²) >= 11 is 0. The third-order valence-electron chi connectivity index (χ3n) is 3.88. The van der Waals surface area contributed by atoms with Gasteiger partial charge >= 0.3 is 5.97 Å². The van der Waals surface area contributed by atoms with Crippen molar-refractivity contribution in [2.24, 2.45) is 5.92 Å². The third-order valence-corrected chi connectivity index (χ3v) is 3.88. The zero-order chi connectivity index (χ0) is 17.7. The van der Waals surface area contributed by atoms with Gasteiger partial charge in [0.05, 0.1) is 27.4 Å². The normalized spacial score (nSPS) is 17.4. The van der Waals surface area contributed by atoms with E-state index >= 15 is 0 Å². The van der Waals surface area contributed by atoms with Crippen molar-refractivity contribution < 1.29 is 28.6 Å². The summed E-state index contributed by atoms with van der Waals surface area (Å²) in [6, 6.07) is 4.84. The lowest BCUT2D eigenvalue weighted by molar-refractivity contribution is -0.153. The zero-order valence-corrected chi connectivity index (χ0v) is 14.0. The van der Waals surface area contributed by atoms with Crippen molar-refractivity contribution in [3.63, 3.8) is 0 Å². The van der Waals surface area contributed by atoms with Crippen molar-refractivity contribution in [3.8, 4) is 11.5 Å². The average Bonchev–Trinajstić information content (AvgIpc) is 2.60. The zero-order valence-electron chi connectivity index (χ0n) is 14.0. The molecule has 0 spiro atoms. The van der Waals surface area contributed by atoms with E-state index in [9.17, 15) is 14.4 Å². The number of carbonyl (C=O) groups excluding carboxylic acids is 3. The molecule has 1 fully saturated rings. The third kappa shape index (κ3) is 3.84. The maximum Gasteiger partial charge on any atom is 0.316 e. The summed E-state index contributed by atoms with van der Waals surface area (Å²) in [6.45, 7) is 2.13. The topological polar surface area (TPSA) is 82.1 Å². The highest BCUT2D eigenvalue weighted by Crippen LogP contribution is 2.25. The van der Waals surface area contributed by atoms with Crippen LogP contribution in [0.25, 0.3) is 0 Å². The van der Waals surface area contributed by atoms with Gasteiger partial charge < -0.3 is 19.1 Å². The predicted molar refractivity (Wildman–Crippen MR) is 85.2 cm³/mol. The number of carbonyl (C=O) groups is 3. The first kappa shape index (κ1) is 17.8. The van der Waals surface area contributed by atoms with Crippen molar-refractivity contribution in [2.75, 3.05) is 33.9 Å². The van der Waals surface area contributed by atoms with E-state index in [1.54, 1.807) is 25.1 Å². The van der Waals surface area contributed by atoms with E-state index in [1.165, 1.54) is 19.1 Å². The highest BCUT2D eigenvalue weighted by molar-refractivity contribution is 6.04. The van der Waals surface area contributed by atoms with Gasteiger partial charge in [0.1, 0.15) is 17.4 Å². The van der Waals surface area contributed by atoms with Crippen LogP contribution in [-0.2, 0) is 14.3 Å². The minimum Gasteiger partial charge on any atom is -0.497 e. The number of piperidine rings is 1. The van der Waals surface area contributed by atoms with Gasteiger partial charge in [-0.2, -0.15) is 0 Å². The van der Waals surface area contributed by atoms with E-state index < -0.39 is 11.9 Å². The van der Waals surface area contributed by atoms with Crippen LogP contribution in [0.3, 0.4) is 0 Å². The summed E-state index contributed by atoms with van der Waals surface area (Å²) in [5.41, 5.74) is 0.369. The molecule has 1 aromatic carbocycles. The molecule has 1 amide bonds. The number of esters is 1. The van der Waals surface area contributed by atoms with Crippen molar-refractivity contribution >= 4 is 17.7 Å². The van der Waals surface area contributed by atoms with Crippen LogP contribution in [0.5, 0.6) is 11.5 Å². The average molecular weight is 335 g/mol. The van der Waals surface area contributed by atoms with E-state index in [0.717, 1.165) is 0 Å². The van der Waals surface area contributed by atoms with Gasteiger partial charge in [-0.15, -0.1) is 0 Å². The Morgan fingerprint density at radius 2 is 1.79 bits per heavy atom. The number of ketones is 1. The summed E-state index contributed by atoms with van der Waals surface area (Å²) < 4.78 is 15.2. The number of methoxy groups -OCH3 is 2. The predicted octanol–water partition coefficient (Wildman–Crippen LogP) is 1.30. The summed E-state index contributed by atoms with van der Waals surface area (Å²) in [4.78, 5) is 38.0. The Balaban J connectivity index is 2.12. The van der Waals surface area contributed by atoms with Crippen LogP contribution in [-0.4, -0.2) is 56.5 Å². The SMILES string of the molecule is CCOC(=O)C1CCN(C(=O)c2cc(OC)cc(OC)c2)CC1=O. The lowest BCUT2D eigenvalue weighted by atomic mass is 9.95. The highest BCUT2D eigenvalue weighted by Gasteiger charge is 2.35. The maximum atomic E-state index is 12.6. The van der Waals surface area contributed by atoms with E-state index in [1.807, 2.05) is 0 Å². The van der Waals surface area contributed by atoms with E-state index in [2.05, 4.69) is 0 Å². The lowest BCUT2D eigenvalue weighted by Gasteiger charge is -2.30. The number of amides is 1. The molecule has 0 N–H and O–H groups in total. The standard InChI is InChI=1S/C17H21NO6/c1-4-24-17(21)14-5-6-18(10-15(14)19)16(20)11-7-12(22-2)9-13(8-11)23-3/h7-9,14H,4-6,10H2,1-3H3. The molecule has 1 saturated heterocycles. The Bertz CT molecular complexity index is 620. The second kappa shape index (κ2) is 7.81. The van der Waals surface area contributed by atoms with Crippen LogP contribution in [0.1, 0.15) is 23.7 Å². The van der Waals surface area contributed by atoms with E-state index in [-0.39, 0.29) is 31.3 Å². The van der Waals surface area contributed by atoms with Crippen LogP contribution >= 0.6 is 0 Å². The largest absolute Gasteiger partial charge is 0.497 e. The first-order chi connectivity index (χ1) is 11.5. The monoisotopic (exact) mass is 335 g/mol. The van der Waals surface area contributed by atoms with Crippen molar-refractivity contribution in [1.29, 1.82) is 0 Å². The van der Waals surface area contributed by atoms with Gasteiger partial charge in [0.15, 0.2) is 5.78 Å². The molecule has 1 aliphatic heterocycles. The molecule has 7 nitrogen and oxygen atoms in total. The van der Waals surface area contributed by atoms with Gasteiger partial charge in [-0.05, 0) is 25.5 Å². The Hall–Kier alpha value is -2.57. The summed E-state index contributed by atoms with van der Waals surface area (Å²) in [7, 11) is 2.99. The van der Waals surface area contributed by atoms with Crippen molar-refractivity contribution in [2.45, 2.75) is 13.3 Å². The maximum absolute atomic E-state index is 12.6. The molecule has 0 radical (unpaired) electrons. The lowest BCUT2D eigenvalue weighted by Crippen LogP contribution is -2.46. The molecule has 7 heteroatoms. The minimum atomic E-state index is -0.783. The number of likely N-dealkylation sites (tertiary alicyclic amines) is 1. The van der Waals surface area contributed by atoms with Gasteiger partial charge in [-0.3, -0.25) is 14.4 Å². The molecule has 0 aliphatic carbocycles. The Morgan fingerprint density at radius 3 is 2.29 bits per heavy atom. The molecule has 0 bridgehead atoms. The number of benzene rings is 1. The molecule has 0 aromatic heterocycles. The number of nitrogens with zero attached hydrogens (tertiary/aromatic N) is 1. The Kier molecular flexibility index (Phi) is 5.78.